The lowest BCUT2D eigenvalue weighted by Crippen LogP contribution is -2.35. The number of esters is 1. The third kappa shape index (κ3) is 4.74. The molecule has 1 heterocycles. The summed E-state index contributed by atoms with van der Waals surface area (Å²) in [5.41, 5.74) is 1.89. The molecule has 1 unspecified atom stereocenters. The van der Waals surface area contributed by atoms with Crippen LogP contribution in [0.3, 0.4) is 0 Å². The van der Waals surface area contributed by atoms with Gasteiger partial charge in [0, 0.05) is 18.5 Å². The first kappa shape index (κ1) is 19.3. The van der Waals surface area contributed by atoms with E-state index in [2.05, 4.69) is 6.92 Å². The first-order chi connectivity index (χ1) is 12.1. The van der Waals surface area contributed by atoms with Crippen LogP contribution in [0.5, 0.6) is 5.75 Å². The minimum atomic E-state index is -0.610. The maximum absolute atomic E-state index is 12.3. The van der Waals surface area contributed by atoms with Crippen molar-refractivity contribution in [2.45, 2.75) is 65.4 Å². The molecule has 1 aliphatic rings. The molecule has 138 valence electrons. The lowest BCUT2D eigenvalue weighted by Gasteiger charge is -2.30. The molecule has 0 radical (unpaired) electrons. The van der Waals surface area contributed by atoms with Crippen molar-refractivity contribution in [1.82, 2.24) is 0 Å². The van der Waals surface area contributed by atoms with Gasteiger partial charge in [-0.25, -0.2) is 4.79 Å². The molecule has 0 aliphatic carbocycles. The molecule has 1 amide bonds. The fraction of sp³-hybridized carbons (Fsp3) is 0.600. The molecule has 0 fully saturated rings. The Hall–Kier alpha value is -2.04. The number of carbonyl (C=O) groups is 2. The predicted molar refractivity (Wildman–Crippen MR) is 98.0 cm³/mol. The molecular formula is C20H29NO4. The van der Waals surface area contributed by atoms with Crippen molar-refractivity contribution in [3.8, 4) is 5.75 Å². The van der Waals surface area contributed by atoms with Crippen molar-refractivity contribution in [3.63, 3.8) is 0 Å². The van der Waals surface area contributed by atoms with Gasteiger partial charge in [-0.1, -0.05) is 32.8 Å². The molecule has 1 atom stereocenters. The Morgan fingerprint density at radius 2 is 2.00 bits per heavy atom. The van der Waals surface area contributed by atoms with Gasteiger partial charge in [0.25, 0.3) is 0 Å². The lowest BCUT2D eigenvalue weighted by molar-refractivity contribution is -0.152. The number of amides is 1. The van der Waals surface area contributed by atoms with E-state index in [4.69, 9.17) is 9.47 Å². The fourth-order valence-electron chi connectivity index (χ4n) is 3.09. The third-order valence-corrected chi connectivity index (χ3v) is 4.50. The molecule has 1 aliphatic heterocycles. The van der Waals surface area contributed by atoms with Gasteiger partial charge in [0.05, 0.1) is 12.3 Å². The molecule has 0 saturated carbocycles. The Morgan fingerprint density at radius 3 is 2.68 bits per heavy atom. The van der Waals surface area contributed by atoms with Crippen LogP contribution >= 0.6 is 0 Å². The van der Waals surface area contributed by atoms with E-state index in [1.807, 2.05) is 32.0 Å². The highest BCUT2D eigenvalue weighted by molar-refractivity contribution is 5.96. The molecule has 0 N–H and O–H groups in total. The monoisotopic (exact) mass is 347 g/mol. The zero-order chi connectivity index (χ0) is 18.2. The molecule has 5 heteroatoms. The summed E-state index contributed by atoms with van der Waals surface area (Å²) in [7, 11) is 0. The average Bonchev–Trinajstić information content (AvgIpc) is 2.62. The highest BCUT2D eigenvalue weighted by atomic mass is 16.6. The second-order valence-electron chi connectivity index (χ2n) is 6.28. The molecule has 0 saturated heterocycles. The molecule has 1 aromatic carbocycles. The molecule has 2 rings (SSSR count). The summed E-state index contributed by atoms with van der Waals surface area (Å²) >= 11 is 0. The molecular weight excluding hydrogens is 318 g/mol. The smallest absolute Gasteiger partial charge is 0.347 e. The van der Waals surface area contributed by atoms with E-state index in [0.29, 0.717) is 38.2 Å². The summed E-state index contributed by atoms with van der Waals surface area (Å²) in [5.74, 6) is 0.505. The topological polar surface area (TPSA) is 55.8 Å². The van der Waals surface area contributed by atoms with Gasteiger partial charge in [-0.2, -0.15) is 0 Å². The number of rotatable bonds is 9. The van der Waals surface area contributed by atoms with E-state index in [1.165, 1.54) is 0 Å². The largest absolute Gasteiger partial charge is 0.478 e. The predicted octanol–water partition coefficient (Wildman–Crippen LogP) is 3.88. The summed E-state index contributed by atoms with van der Waals surface area (Å²) in [5, 5.41) is 0. The second kappa shape index (κ2) is 9.44. The van der Waals surface area contributed by atoms with Crippen molar-refractivity contribution < 1.29 is 19.1 Å². The number of hydrogen-bond acceptors (Lipinski definition) is 4. The van der Waals surface area contributed by atoms with Crippen molar-refractivity contribution in [3.05, 3.63) is 23.8 Å². The van der Waals surface area contributed by atoms with Gasteiger partial charge in [-0.05, 0) is 38.3 Å². The Labute approximate surface area is 150 Å². The maximum Gasteiger partial charge on any atom is 0.347 e. The zero-order valence-electron chi connectivity index (χ0n) is 15.5. The molecule has 0 spiro atoms. The van der Waals surface area contributed by atoms with Crippen LogP contribution < -0.4 is 9.64 Å². The maximum atomic E-state index is 12.3. The van der Waals surface area contributed by atoms with Crippen LogP contribution in [-0.4, -0.2) is 31.1 Å². The molecule has 0 aromatic heterocycles. The van der Waals surface area contributed by atoms with E-state index in [1.54, 1.807) is 4.90 Å². The minimum Gasteiger partial charge on any atom is -0.478 e. The number of ether oxygens (including phenoxy) is 2. The Kier molecular flexibility index (Phi) is 7.29. The summed E-state index contributed by atoms with van der Waals surface area (Å²) in [6.07, 6.45) is 4.08. The van der Waals surface area contributed by atoms with Crippen molar-refractivity contribution in [1.29, 1.82) is 0 Å². The highest BCUT2D eigenvalue weighted by Gasteiger charge is 2.27. The fourth-order valence-corrected chi connectivity index (χ4v) is 3.09. The van der Waals surface area contributed by atoms with Gasteiger partial charge in [0.1, 0.15) is 5.75 Å². The van der Waals surface area contributed by atoms with E-state index >= 15 is 0 Å². The van der Waals surface area contributed by atoms with E-state index in [9.17, 15) is 9.59 Å². The normalized spacial score (nSPS) is 14.8. The average molecular weight is 347 g/mol. The minimum absolute atomic E-state index is 0.134. The number of benzene rings is 1. The summed E-state index contributed by atoms with van der Waals surface area (Å²) in [6, 6.07) is 5.68. The summed E-state index contributed by atoms with van der Waals surface area (Å²) in [6.45, 7) is 7.06. The molecule has 0 bridgehead atoms. The lowest BCUT2D eigenvalue weighted by atomic mass is 10.00. The van der Waals surface area contributed by atoms with E-state index < -0.39 is 6.10 Å². The number of carbonyl (C=O) groups excluding carboxylic acids is 2. The van der Waals surface area contributed by atoms with Crippen LogP contribution in [0.25, 0.3) is 0 Å². The van der Waals surface area contributed by atoms with Crippen LogP contribution in [0.4, 0.5) is 5.69 Å². The number of anilines is 1. The third-order valence-electron chi connectivity index (χ3n) is 4.50. The van der Waals surface area contributed by atoms with Crippen LogP contribution in [0.15, 0.2) is 18.2 Å². The van der Waals surface area contributed by atoms with Gasteiger partial charge in [-0.3, -0.25) is 4.79 Å². The van der Waals surface area contributed by atoms with Gasteiger partial charge in [-0.15, -0.1) is 0 Å². The molecule has 1 aromatic rings. The summed E-state index contributed by atoms with van der Waals surface area (Å²) in [4.78, 5) is 26.1. The SMILES string of the molecule is CCCCCOC(=O)C(CC)Oc1cccc2c1CCC(=O)N2CC. The van der Waals surface area contributed by atoms with Crippen LogP contribution in [0, 0.1) is 0 Å². The highest BCUT2D eigenvalue weighted by Crippen LogP contribution is 2.35. The Bertz CT molecular complexity index is 599. The van der Waals surface area contributed by atoms with Crippen molar-refractivity contribution in [2.24, 2.45) is 0 Å². The van der Waals surface area contributed by atoms with Crippen LogP contribution in [0.1, 0.15) is 58.4 Å². The molecule has 25 heavy (non-hydrogen) atoms. The first-order valence-electron chi connectivity index (χ1n) is 9.37. The van der Waals surface area contributed by atoms with E-state index in [0.717, 1.165) is 30.5 Å². The standard InChI is InChI=1S/C20H29NO4/c1-4-7-8-14-24-20(23)17(5-2)25-18-11-9-10-16-15(18)12-13-19(22)21(16)6-3/h9-11,17H,4-8,12-14H2,1-3H3. The first-order valence-corrected chi connectivity index (χ1v) is 9.37. The molecule has 5 nitrogen and oxygen atoms in total. The second-order valence-corrected chi connectivity index (χ2v) is 6.28. The Balaban J connectivity index is 2.09. The quantitative estimate of drug-likeness (QED) is 0.502. The van der Waals surface area contributed by atoms with Gasteiger partial charge >= 0.3 is 5.97 Å². The van der Waals surface area contributed by atoms with Gasteiger partial charge in [0.15, 0.2) is 6.10 Å². The van der Waals surface area contributed by atoms with Crippen molar-refractivity contribution >= 4 is 17.6 Å². The van der Waals surface area contributed by atoms with Gasteiger partial charge in [0.2, 0.25) is 5.91 Å². The van der Waals surface area contributed by atoms with Crippen molar-refractivity contribution in [2.75, 3.05) is 18.1 Å². The number of nitrogens with zero attached hydrogens (tertiary/aromatic N) is 1. The van der Waals surface area contributed by atoms with E-state index in [-0.39, 0.29) is 11.9 Å². The van der Waals surface area contributed by atoms with Gasteiger partial charge < -0.3 is 14.4 Å². The summed E-state index contributed by atoms with van der Waals surface area (Å²) < 4.78 is 11.3. The Morgan fingerprint density at radius 1 is 1.20 bits per heavy atom. The van der Waals surface area contributed by atoms with Crippen LogP contribution in [-0.2, 0) is 20.7 Å². The number of hydrogen-bond donors (Lipinski definition) is 0. The number of fused-ring (bicyclic) bond motifs is 1. The number of unbranched alkanes of at least 4 members (excludes halogenated alkanes) is 2. The van der Waals surface area contributed by atoms with Crippen LogP contribution in [0.2, 0.25) is 0 Å². The zero-order valence-corrected chi connectivity index (χ0v) is 15.5.